The number of hydrogen-bond donors (Lipinski definition) is 2. The van der Waals surface area contributed by atoms with E-state index in [1.165, 1.54) is 13.2 Å². The Kier molecular flexibility index (Phi) is 1.89. The number of methoxy groups -OCH3 is 1. The average Bonchev–Trinajstić information content (AvgIpc) is 2.59. The molecule has 0 saturated carbocycles. The zero-order valence-corrected chi connectivity index (χ0v) is 7.57. The highest BCUT2D eigenvalue weighted by molar-refractivity contribution is 6.04. The molecule has 0 aliphatic rings. The zero-order valence-electron chi connectivity index (χ0n) is 7.57. The van der Waals surface area contributed by atoms with Gasteiger partial charge < -0.3 is 14.8 Å². The standard InChI is InChI=1S/C10H9NO3/c1-14-10(13)8-5-11-9-3-2-6(12)4-7(8)9/h2-5,11-12H,1H3. The molecule has 0 amide bonds. The fourth-order valence-electron chi connectivity index (χ4n) is 1.39. The van der Waals surface area contributed by atoms with E-state index in [2.05, 4.69) is 9.72 Å². The van der Waals surface area contributed by atoms with E-state index in [-0.39, 0.29) is 5.75 Å². The van der Waals surface area contributed by atoms with Gasteiger partial charge in [-0.05, 0) is 18.2 Å². The number of nitrogens with one attached hydrogen (secondary N) is 1. The molecule has 0 fully saturated rings. The van der Waals surface area contributed by atoms with Crippen molar-refractivity contribution >= 4 is 16.9 Å². The van der Waals surface area contributed by atoms with Crippen LogP contribution in [0.25, 0.3) is 10.9 Å². The lowest BCUT2D eigenvalue weighted by Gasteiger charge is -1.96. The van der Waals surface area contributed by atoms with Crippen LogP contribution in [0.2, 0.25) is 0 Å². The van der Waals surface area contributed by atoms with Crippen LogP contribution in [-0.2, 0) is 4.74 Å². The minimum Gasteiger partial charge on any atom is -0.508 e. The molecule has 0 aliphatic carbocycles. The number of aromatic amines is 1. The largest absolute Gasteiger partial charge is 0.508 e. The third kappa shape index (κ3) is 1.21. The minimum absolute atomic E-state index is 0.127. The van der Waals surface area contributed by atoms with E-state index >= 15 is 0 Å². The Morgan fingerprint density at radius 2 is 2.29 bits per heavy atom. The molecular weight excluding hydrogens is 182 g/mol. The summed E-state index contributed by atoms with van der Waals surface area (Å²) in [6.45, 7) is 0. The molecule has 72 valence electrons. The summed E-state index contributed by atoms with van der Waals surface area (Å²) in [6.07, 6.45) is 1.57. The molecule has 0 bridgehead atoms. The summed E-state index contributed by atoms with van der Waals surface area (Å²) in [5.74, 6) is -0.288. The summed E-state index contributed by atoms with van der Waals surface area (Å²) in [5, 5.41) is 9.93. The van der Waals surface area contributed by atoms with E-state index < -0.39 is 5.97 Å². The number of carbonyl (C=O) groups is 1. The number of fused-ring (bicyclic) bond motifs is 1. The van der Waals surface area contributed by atoms with Crippen LogP contribution < -0.4 is 0 Å². The summed E-state index contributed by atoms with van der Waals surface area (Å²) in [4.78, 5) is 14.2. The molecule has 0 radical (unpaired) electrons. The van der Waals surface area contributed by atoms with E-state index in [9.17, 15) is 9.90 Å². The molecule has 1 aromatic heterocycles. The molecule has 0 atom stereocenters. The second kappa shape index (κ2) is 3.06. The SMILES string of the molecule is COC(=O)c1c[nH]c2ccc(O)cc12. The molecule has 0 spiro atoms. The fraction of sp³-hybridized carbons (Fsp3) is 0.100. The quantitative estimate of drug-likeness (QED) is 0.674. The van der Waals surface area contributed by atoms with Crippen LogP contribution >= 0.6 is 0 Å². The number of phenolic OH excluding ortho intramolecular Hbond substituents is 1. The maximum absolute atomic E-state index is 11.3. The molecule has 2 rings (SSSR count). The Morgan fingerprint density at radius 3 is 3.00 bits per heavy atom. The third-order valence-electron chi connectivity index (χ3n) is 2.07. The van der Waals surface area contributed by atoms with Crippen molar-refractivity contribution in [3.8, 4) is 5.75 Å². The number of ether oxygens (including phenoxy) is 1. The molecule has 4 heteroatoms. The summed E-state index contributed by atoms with van der Waals surface area (Å²) < 4.78 is 4.60. The van der Waals surface area contributed by atoms with Gasteiger partial charge in [-0.15, -0.1) is 0 Å². The maximum Gasteiger partial charge on any atom is 0.340 e. The number of carbonyl (C=O) groups excluding carboxylic acids is 1. The van der Waals surface area contributed by atoms with E-state index in [1.807, 2.05) is 0 Å². The van der Waals surface area contributed by atoms with Crippen LogP contribution in [0.3, 0.4) is 0 Å². The van der Waals surface area contributed by atoms with Gasteiger partial charge in [-0.1, -0.05) is 0 Å². The molecule has 1 heterocycles. The molecule has 2 aromatic rings. The normalized spacial score (nSPS) is 10.4. The van der Waals surface area contributed by atoms with Crippen molar-refractivity contribution in [3.63, 3.8) is 0 Å². The van der Waals surface area contributed by atoms with E-state index in [1.54, 1.807) is 18.3 Å². The lowest BCUT2D eigenvalue weighted by Crippen LogP contribution is -1.99. The van der Waals surface area contributed by atoms with Crippen molar-refractivity contribution in [1.29, 1.82) is 0 Å². The first-order valence-corrected chi connectivity index (χ1v) is 4.11. The topological polar surface area (TPSA) is 62.3 Å². The first kappa shape index (κ1) is 8.62. The van der Waals surface area contributed by atoms with Gasteiger partial charge in [-0.25, -0.2) is 4.79 Å². The molecule has 14 heavy (non-hydrogen) atoms. The molecule has 2 N–H and O–H groups in total. The Labute approximate surface area is 80.1 Å². The monoisotopic (exact) mass is 191 g/mol. The molecule has 4 nitrogen and oxygen atoms in total. The molecule has 0 unspecified atom stereocenters. The smallest absolute Gasteiger partial charge is 0.340 e. The number of aromatic hydroxyl groups is 1. The summed E-state index contributed by atoms with van der Waals surface area (Å²) in [5.41, 5.74) is 1.22. The summed E-state index contributed by atoms with van der Waals surface area (Å²) in [7, 11) is 1.32. The molecular formula is C10H9NO3. The number of benzene rings is 1. The van der Waals surface area contributed by atoms with Gasteiger partial charge >= 0.3 is 5.97 Å². The fourth-order valence-corrected chi connectivity index (χ4v) is 1.39. The predicted octanol–water partition coefficient (Wildman–Crippen LogP) is 1.66. The first-order chi connectivity index (χ1) is 6.72. The van der Waals surface area contributed by atoms with Gasteiger partial charge in [0.25, 0.3) is 0 Å². The highest BCUT2D eigenvalue weighted by Crippen LogP contribution is 2.23. The Morgan fingerprint density at radius 1 is 1.50 bits per heavy atom. The van der Waals surface area contributed by atoms with Gasteiger partial charge in [0.1, 0.15) is 5.75 Å². The molecule has 1 aromatic carbocycles. The van der Waals surface area contributed by atoms with Crippen molar-refractivity contribution in [1.82, 2.24) is 4.98 Å². The Balaban J connectivity index is 2.67. The van der Waals surface area contributed by atoms with Crippen LogP contribution in [0.15, 0.2) is 24.4 Å². The lowest BCUT2D eigenvalue weighted by atomic mass is 10.2. The number of H-pyrrole nitrogens is 1. The number of esters is 1. The van der Waals surface area contributed by atoms with Gasteiger partial charge in [0, 0.05) is 17.1 Å². The van der Waals surface area contributed by atoms with Crippen LogP contribution in [0.1, 0.15) is 10.4 Å². The Hall–Kier alpha value is -1.97. The second-order valence-electron chi connectivity index (χ2n) is 2.92. The van der Waals surface area contributed by atoms with E-state index in [0.29, 0.717) is 10.9 Å². The number of rotatable bonds is 1. The van der Waals surface area contributed by atoms with E-state index in [4.69, 9.17) is 0 Å². The Bertz CT molecular complexity index is 487. The third-order valence-corrected chi connectivity index (χ3v) is 2.07. The van der Waals surface area contributed by atoms with Crippen molar-refractivity contribution in [2.75, 3.05) is 7.11 Å². The number of hydrogen-bond acceptors (Lipinski definition) is 3. The first-order valence-electron chi connectivity index (χ1n) is 4.11. The van der Waals surface area contributed by atoms with Crippen LogP contribution in [-0.4, -0.2) is 23.2 Å². The van der Waals surface area contributed by atoms with Crippen molar-refractivity contribution in [2.24, 2.45) is 0 Å². The van der Waals surface area contributed by atoms with Crippen molar-refractivity contribution < 1.29 is 14.6 Å². The van der Waals surface area contributed by atoms with Gasteiger partial charge in [-0.3, -0.25) is 0 Å². The van der Waals surface area contributed by atoms with Crippen molar-refractivity contribution in [2.45, 2.75) is 0 Å². The average molecular weight is 191 g/mol. The van der Waals surface area contributed by atoms with Crippen LogP contribution in [0.4, 0.5) is 0 Å². The number of aromatic nitrogens is 1. The van der Waals surface area contributed by atoms with Gasteiger partial charge in [0.05, 0.1) is 12.7 Å². The summed E-state index contributed by atoms with van der Waals surface area (Å²) in [6, 6.07) is 4.79. The maximum atomic E-state index is 11.3. The van der Waals surface area contributed by atoms with Crippen molar-refractivity contribution in [3.05, 3.63) is 30.0 Å². The minimum atomic E-state index is -0.415. The van der Waals surface area contributed by atoms with E-state index in [0.717, 1.165) is 5.52 Å². The predicted molar refractivity (Wildman–Crippen MR) is 51.3 cm³/mol. The summed E-state index contributed by atoms with van der Waals surface area (Å²) >= 11 is 0. The van der Waals surface area contributed by atoms with Crippen LogP contribution in [0.5, 0.6) is 5.75 Å². The number of phenols is 1. The van der Waals surface area contributed by atoms with Gasteiger partial charge in [0.15, 0.2) is 0 Å². The lowest BCUT2D eigenvalue weighted by molar-refractivity contribution is 0.0603. The molecule has 0 saturated heterocycles. The van der Waals surface area contributed by atoms with Crippen LogP contribution in [0, 0.1) is 0 Å². The zero-order chi connectivity index (χ0) is 10.1. The van der Waals surface area contributed by atoms with Gasteiger partial charge in [-0.2, -0.15) is 0 Å². The highest BCUT2D eigenvalue weighted by atomic mass is 16.5. The molecule has 0 aliphatic heterocycles. The highest BCUT2D eigenvalue weighted by Gasteiger charge is 2.11. The second-order valence-corrected chi connectivity index (χ2v) is 2.92. The van der Waals surface area contributed by atoms with Gasteiger partial charge in [0.2, 0.25) is 0 Å².